The van der Waals surface area contributed by atoms with Crippen molar-refractivity contribution in [3.8, 4) is 11.5 Å². The third-order valence-corrected chi connectivity index (χ3v) is 7.29. The summed E-state index contributed by atoms with van der Waals surface area (Å²) in [6, 6.07) is 5.25. The lowest BCUT2D eigenvalue weighted by Gasteiger charge is -2.24. The van der Waals surface area contributed by atoms with Gasteiger partial charge in [-0.3, -0.25) is 10.7 Å². The van der Waals surface area contributed by atoms with Crippen molar-refractivity contribution in [2.45, 2.75) is 110 Å². The predicted molar refractivity (Wildman–Crippen MR) is 151 cm³/mol. The first kappa shape index (κ1) is 29.9. The summed E-state index contributed by atoms with van der Waals surface area (Å²) in [7, 11) is 3.25. The van der Waals surface area contributed by atoms with Gasteiger partial charge in [0.15, 0.2) is 0 Å². The fourth-order valence-electron chi connectivity index (χ4n) is 5.22. The van der Waals surface area contributed by atoms with Crippen molar-refractivity contribution in [2.24, 2.45) is 11.1 Å². The summed E-state index contributed by atoms with van der Waals surface area (Å²) in [5.41, 5.74) is 4.02. The van der Waals surface area contributed by atoms with Crippen molar-refractivity contribution in [1.29, 1.82) is 0 Å². The van der Waals surface area contributed by atoms with Gasteiger partial charge >= 0.3 is 0 Å². The number of nitrogens with one attached hydrogen (secondary N) is 1. The van der Waals surface area contributed by atoms with Gasteiger partial charge < -0.3 is 9.47 Å². The van der Waals surface area contributed by atoms with Crippen LogP contribution in [0.2, 0.25) is 0 Å². The molecule has 0 radical (unpaired) electrons. The highest BCUT2D eigenvalue weighted by atomic mass is 16.5. The number of unbranched alkanes of at least 4 members (excludes halogenated alkanes) is 9. The highest BCUT2D eigenvalue weighted by molar-refractivity contribution is 6.08. The molecule has 0 fully saturated rings. The monoisotopic (exact) mass is 500 g/mol. The van der Waals surface area contributed by atoms with E-state index in [2.05, 4.69) is 31.4 Å². The molecular weight excluding hydrogens is 452 g/mol. The van der Waals surface area contributed by atoms with Crippen LogP contribution in [0, 0.1) is 10.8 Å². The summed E-state index contributed by atoms with van der Waals surface area (Å²) < 4.78 is 11.7. The Morgan fingerprint density at radius 1 is 0.861 bits per heavy atom. The Bertz CT molecular complexity index is 929. The second-order valence-electron chi connectivity index (χ2n) is 10.4. The first-order valence-corrected chi connectivity index (χ1v) is 14.0. The summed E-state index contributed by atoms with van der Waals surface area (Å²) in [6.07, 6.45) is 16.4. The molecule has 1 unspecified atom stereocenters. The fraction of sp³-hybridized carbons (Fsp3) is 0.667. The molecule has 202 valence electrons. The quantitative estimate of drug-likeness (QED) is 0.114. The third-order valence-electron chi connectivity index (χ3n) is 7.29. The maximum absolute atomic E-state index is 11.7. The van der Waals surface area contributed by atoms with Crippen LogP contribution in [0.5, 0.6) is 11.5 Å². The zero-order valence-corrected chi connectivity index (χ0v) is 23.2. The van der Waals surface area contributed by atoms with Gasteiger partial charge in [-0.15, -0.1) is 4.91 Å². The average Bonchev–Trinajstić information content (AvgIpc) is 2.89. The third kappa shape index (κ3) is 8.36. The summed E-state index contributed by atoms with van der Waals surface area (Å²) >= 11 is 0. The topological polar surface area (TPSA) is 80.1 Å². The average molecular weight is 501 g/mol. The van der Waals surface area contributed by atoms with E-state index in [9.17, 15) is 10.1 Å². The molecule has 0 saturated carbocycles. The van der Waals surface area contributed by atoms with Crippen LogP contribution < -0.4 is 15.0 Å². The lowest BCUT2D eigenvalue weighted by molar-refractivity contribution is 0.386. The van der Waals surface area contributed by atoms with Gasteiger partial charge in [0.1, 0.15) is 17.2 Å². The van der Waals surface area contributed by atoms with Gasteiger partial charge in [0.05, 0.1) is 30.7 Å². The zero-order valence-electron chi connectivity index (χ0n) is 23.2. The first-order chi connectivity index (χ1) is 17.5. The Balaban J connectivity index is 2.24. The number of ether oxygens (including phenoxy) is 2. The van der Waals surface area contributed by atoms with E-state index in [-0.39, 0.29) is 5.69 Å². The molecule has 0 aromatic heterocycles. The van der Waals surface area contributed by atoms with Crippen LogP contribution in [-0.2, 0) is 0 Å². The Kier molecular flexibility index (Phi) is 13.6. The van der Waals surface area contributed by atoms with E-state index >= 15 is 0 Å². The molecule has 0 heterocycles. The van der Waals surface area contributed by atoms with Crippen LogP contribution >= 0.6 is 0 Å². The highest BCUT2D eigenvalue weighted by Crippen LogP contribution is 2.48. The van der Waals surface area contributed by atoms with Gasteiger partial charge in [0, 0.05) is 5.56 Å². The molecule has 2 N–H and O–H groups in total. The molecule has 2 aromatic rings. The molecule has 36 heavy (non-hydrogen) atoms. The molecule has 0 aliphatic rings. The summed E-state index contributed by atoms with van der Waals surface area (Å²) in [5, 5.41) is 14.2. The molecule has 6 heteroatoms. The molecule has 0 bridgehead atoms. The molecule has 6 nitrogen and oxygen atoms in total. The van der Waals surface area contributed by atoms with Crippen molar-refractivity contribution in [3.63, 3.8) is 0 Å². The number of rotatable bonds is 19. The normalized spacial score (nSPS) is 12.2. The minimum absolute atomic E-state index is 0.280. The summed E-state index contributed by atoms with van der Waals surface area (Å²) in [4.78, 5) is 11.7. The van der Waals surface area contributed by atoms with E-state index < -0.39 is 0 Å². The lowest BCUT2D eigenvalue weighted by Crippen LogP contribution is -2.06. The SMILES string of the molecule is CCCCCCCCCCCCC(CCC(C)C)c1cc(OC)c2c(NO)ccc(N=O)c2c1OC. The van der Waals surface area contributed by atoms with Gasteiger partial charge in [0.2, 0.25) is 0 Å². The minimum Gasteiger partial charge on any atom is -0.496 e. The number of fused-ring (bicyclic) bond motifs is 1. The maximum Gasteiger partial charge on any atom is 0.132 e. The Morgan fingerprint density at radius 2 is 1.50 bits per heavy atom. The van der Waals surface area contributed by atoms with E-state index in [0.717, 1.165) is 24.8 Å². The molecule has 1 atom stereocenters. The number of anilines is 1. The van der Waals surface area contributed by atoms with E-state index in [1.165, 1.54) is 64.2 Å². The molecular formula is C30H48N2O4. The van der Waals surface area contributed by atoms with Gasteiger partial charge in [-0.1, -0.05) is 91.4 Å². The first-order valence-electron chi connectivity index (χ1n) is 14.0. The largest absolute Gasteiger partial charge is 0.496 e. The zero-order chi connectivity index (χ0) is 26.3. The second kappa shape index (κ2) is 16.4. The molecule has 0 spiro atoms. The minimum atomic E-state index is 0.280. The van der Waals surface area contributed by atoms with Crippen molar-refractivity contribution < 1.29 is 14.7 Å². The van der Waals surface area contributed by atoms with Crippen LogP contribution in [0.15, 0.2) is 23.4 Å². The van der Waals surface area contributed by atoms with Crippen molar-refractivity contribution in [1.82, 2.24) is 0 Å². The van der Waals surface area contributed by atoms with Crippen molar-refractivity contribution >= 4 is 22.1 Å². The molecule has 0 amide bonds. The number of benzene rings is 2. The van der Waals surface area contributed by atoms with E-state index in [1.807, 2.05) is 6.07 Å². The Morgan fingerprint density at radius 3 is 2.03 bits per heavy atom. The lowest BCUT2D eigenvalue weighted by atomic mass is 9.84. The molecule has 0 saturated heterocycles. The van der Waals surface area contributed by atoms with Crippen LogP contribution in [0.4, 0.5) is 11.4 Å². The number of hydrogen-bond acceptors (Lipinski definition) is 6. The summed E-state index contributed by atoms with van der Waals surface area (Å²) in [6.45, 7) is 6.77. The summed E-state index contributed by atoms with van der Waals surface area (Å²) in [5.74, 6) is 2.14. The van der Waals surface area contributed by atoms with Gasteiger partial charge in [-0.25, -0.2) is 0 Å². The molecule has 2 aromatic carbocycles. The Hall–Kier alpha value is -2.34. The van der Waals surface area contributed by atoms with Crippen LogP contribution in [-0.4, -0.2) is 19.4 Å². The highest BCUT2D eigenvalue weighted by Gasteiger charge is 2.25. The van der Waals surface area contributed by atoms with Crippen LogP contribution in [0.25, 0.3) is 10.8 Å². The van der Waals surface area contributed by atoms with E-state index in [0.29, 0.717) is 39.8 Å². The van der Waals surface area contributed by atoms with Crippen LogP contribution in [0.1, 0.15) is 116 Å². The number of nitroso groups, excluding NO2 is 1. The fourth-order valence-corrected chi connectivity index (χ4v) is 5.22. The maximum atomic E-state index is 11.7. The smallest absolute Gasteiger partial charge is 0.132 e. The molecule has 2 rings (SSSR count). The number of nitrogens with zero attached hydrogens (tertiary/aromatic N) is 1. The van der Waals surface area contributed by atoms with Gasteiger partial charge in [-0.2, -0.15) is 0 Å². The van der Waals surface area contributed by atoms with Crippen molar-refractivity contribution in [3.05, 3.63) is 28.7 Å². The predicted octanol–water partition coefficient (Wildman–Crippen LogP) is 9.89. The second-order valence-corrected chi connectivity index (χ2v) is 10.4. The standard InChI is InChI=1S/C30H48N2O4/c1-6-7-8-9-10-11-12-13-14-15-16-23(18-17-22(2)3)24-21-27(35-4)28-25(31-33)19-20-26(32-34)29(28)30(24)36-5/h19-23,31,33H,6-18H2,1-5H3. The van der Waals surface area contributed by atoms with E-state index in [1.54, 1.807) is 26.4 Å². The molecule has 0 aliphatic heterocycles. The van der Waals surface area contributed by atoms with Gasteiger partial charge in [0.25, 0.3) is 0 Å². The van der Waals surface area contributed by atoms with E-state index in [4.69, 9.17) is 9.47 Å². The Labute approximate surface area is 218 Å². The van der Waals surface area contributed by atoms with Crippen LogP contribution in [0.3, 0.4) is 0 Å². The molecule has 0 aliphatic carbocycles. The van der Waals surface area contributed by atoms with Crippen molar-refractivity contribution in [2.75, 3.05) is 19.7 Å². The number of methoxy groups -OCH3 is 2. The number of hydrogen-bond donors (Lipinski definition) is 2. The van der Waals surface area contributed by atoms with Gasteiger partial charge in [-0.05, 0) is 48.1 Å².